The third-order valence-electron chi connectivity index (χ3n) is 3.19. The second-order valence-electron chi connectivity index (χ2n) is 4.59. The zero-order valence-electron chi connectivity index (χ0n) is 10.4. The highest BCUT2D eigenvalue weighted by atomic mass is 16.4. The molecule has 5 nitrogen and oxygen atoms in total. The number of carbonyl (C=O) groups is 2. The van der Waals surface area contributed by atoms with E-state index in [0.717, 1.165) is 32.1 Å². The molecule has 0 radical (unpaired) electrons. The number of carboxylic acids is 1. The Morgan fingerprint density at radius 2 is 1.94 bits per heavy atom. The van der Waals surface area contributed by atoms with Crippen LogP contribution in [0.3, 0.4) is 0 Å². The van der Waals surface area contributed by atoms with E-state index in [-0.39, 0.29) is 12.1 Å². The van der Waals surface area contributed by atoms with Crippen molar-refractivity contribution in [3.05, 3.63) is 0 Å². The summed E-state index contributed by atoms with van der Waals surface area (Å²) >= 11 is 0. The molecule has 0 heterocycles. The predicted molar refractivity (Wildman–Crippen MR) is 64.8 cm³/mol. The molecule has 0 aliphatic heterocycles. The van der Waals surface area contributed by atoms with Gasteiger partial charge in [0.1, 0.15) is 0 Å². The number of nitrogens with one attached hydrogen (secondary N) is 2. The molecule has 1 aliphatic rings. The molecule has 1 aliphatic carbocycles. The lowest BCUT2D eigenvalue weighted by Crippen LogP contribution is -2.47. The van der Waals surface area contributed by atoms with Crippen LogP contribution >= 0.6 is 0 Å². The molecule has 2 amide bonds. The van der Waals surface area contributed by atoms with Crippen molar-refractivity contribution in [2.45, 2.75) is 51.5 Å². The Bertz CT molecular complexity index is 268. The number of rotatable bonds is 4. The van der Waals surface area contributed by atoms with Crippen molar-refractivity contribution in [2.24, 2.45) is 5.92 Å². The Balaban J connectivity index is 2.51. The van der Waals surface area contributed by atoms with Crippen LogP contribution < -0.4 is 10.6 Å². The summed E-state index contributed by atoms with van der Waals surface area (Å²) < 4.78 is 0. The van der Waals surface area contributed by atoms with Crippen LogP contribution in [-0.2, 0) is 4.79 Å². The third-order valence-corrected chi connectivity index (χ3v) is 3.19. The van der Waals surface area contributed by atoms with E-state index in [1.807, 2.05) is 6.92 Å². The highest BCUT2D eigenvalue weighted by Gasteiger charge is 2.30. The number of carboxylic acid groups (broad SMARTS) is 1. The minimum Gasteiger partial charge on any atom is -0.481 e. The van der Waals surface area contributed by atoms with E-state index in [0.29, 0.717) is 13.0 Å². The third kappa shape index (κ3) is 4.63. The molecule has 17 heavy (non-hydrogen) atoms. The number of amides is 2. The van der Waals surface area contributed by atoms with Gasteiger partial charge in [0.25, 0.3) is 0 Å². The van der Waals surface area contributed by atoms with Crippen molar-refractivity contribution in [3.8, 4) is 0 Å². The maximum absolute atomic E-state index is 11.5. The molecular weight excluding hydrogens is 220 g/mol. The lowest BCUT2D eigenvalue weighted by Gasteiger charge is -2.22. The van der Waals surface area contributed by atoms with Gasteiger partial charge in [-0.25, -0.2) is 4.79 Å². The number of hydrogen-bond acceptors (Lipinski definition) is 2. The summed E-state index contributed by atoms with van der Waals surface area (Å²) in [5.74, 6) is -1.24. The lowest BCUT2D eigenvalue weighted by molar-refractivity contribution is -0.142. The molecule has 0 bridgehead atoms. The monoisotopic (exact) mass is 242 g/mol. The van der Waals surface area contributed by atoms with Gasteiger partial charge in [-0.3, -0.25) is 4.79 Å². The van der Waals surface area contributed by atoms with Gasteiger partial charge in [-0.05, 0) is 19.3 Å². The first-order chi connectivity index (χ1) is 8.15. The molecule has 3 N–H and O–H groups in total. The molecule has 5 heteroatoms. The summed E-state index contributed by atoms with van der Waals surface area (Å²) in [6, 6.07) is -0.475. The number of aliphatic carboxylic acids is 1. The van der Waals surface area contributed by atoms with Crippen LogP contribution in [-0.4, -0.2) is 29.7 Å². The standard InChI is InChI=1S/C12H22N2O3/c1-2-8-13-12(17)14-10-7-5-3-4-6-9(10)11(15)16/h9-10H,2-8H2,1H3,(H,15,16)(H2,13,14,17). The summed E-state index contributed by atoms with van der Waals surface area (Å²) in [6.45, 7) is 2.60. The number of urea groups is 1. The van der Waals surface area contributed by atoms with Crippen molar-refractivity contribution in [3.63, 3.8) is 0 Å². The first-order valence-corrected chi connectivity index (χ1v) is 6.42. The molecule has 1 rings (SSSR count). The van der Waals surface area contributed by atoms with Crippen molar-refractivity contribution < 1.29 is 14.7 Å². The first kappa shape index (κ1) is 13.8. The predicted octanol–water partition coefficient (Wildman–Crippen LogP) is 1.73. The Kier molecular flexibility index (Phi) is 5.80. The van der Waals surface area contributed by atoms with Crippen LogP contribution in [0.15, 0.2) is 0 Å². The van der Waals surface area contributed by atoms with Crippen LogP contribution in [0, 0.1) is 5.92 Å². The second-order valence-corrected chi connectivity index (χ2v) is 4.59. The lowest BCUT2D eigenvalue weighted by atomic mass is 9.95. The Morgan fingerprint density at radius 3 is 2.59 bits per heavy atom. The van der Waals surface area contributed by atoms with Crippen LogP contribution in [0.25, 0.3) is 0 Å². The molecule has 2 unspecified atom stereocenters. The van der Waals surface area contributed by atoms with E-state index < -0.39 is 11.9 Å². The molecule has 0 saturated heterocycles. The van der Waals surface area contributed by atoms with E-state index in [1.54, 1.807) is 0 Å². The summed E-state index contributed by atoms with van der Waals surface area (Å²) in [7, 11) is 0. The Hall–Kier alpha value is -1.26. The molecular formula is C12H22N2O3. The zero-order chi connectivity index (χ0) is 12.7. The largest absolute Gasteiger partial charge is 0.481 e. The van der Waals surface area contributed by atoms with Crippen molar-refractivity contribution in [1.82, 2.24) is 10.6 Å². The van der Waals surface area contributed by atoms with Gasteiger partial charge in [0.05, 0.1) is 5.92 Å². The maximum Gasteiger partial charge on any atom is 0.315 e. The molecule has 1 saturated carbocycles. The summed E-state index contributed by atoms with van der Waals surface area (Å²) in [4.78, 5) is 22.7. The van der Waals surface area contributed by atoms with E-state index in [9.17, 15) is 9.59 Å². The van der Waals surface area contributed by atoms with E-state index in [2.05, 4.69) is 10.6 Å². The fourth-order valence-corrected chi connectivity index (χ4v) is 2.23. The fraction of sp³-hybridized carbons (Fsp3) is 0.833. The smallest absolute Gasteiger partial charge is 0.315 e. The molecule has 0 spiro atoms. The molecule has 1 fully saturated rings. The SMILES string of the molecule is CCCNC(=O)NC1CCCCCC1C(=O)O. The number of carbonyl (C=O) groups excluding carboxylic acids is 1. The van der Waals surface area contributed by atoms with Crippen molar-refractivity contribution in [2.75, 3.05) is 6.54 Å². The molecule has 2 atom stereocenters. The Labute approximate surface area is 102 Å². The summed E-state index contributed by atoms with van der Waals surface area (Å²) in [6.07, 6.45) is 5.28. The van der Waals surface area contributed by atoms with Crippen molar-refractivity contribution >= 4 is 12.0 Å². The zero-order valence-corrected chi connectivity index (χ0v) is 10.4. The number of hydrogen-bond donors (Lipinski definition) is 3. The van der Waals surface area contributed by atoms with Crippen LogP contribution in [0.2, 0.25) is 0 Å². The topological polar surface area (TPSA) is 78.4 Å². The average molecular weight is 242 g/mol. The molecule has 0 aromatic carbocycles. The van der Waals surface area contributed by atoms with Gasteiger partial charge in [0.15, 0.2) is 0 Å². The highest BCUT2D eigenvalue weighted by Crippen LogP contribution is 2.23. The van der Waals surface area contributed by atoms with Crippen molar-refractivity contribution in [1.29, 1.82) is 0 Å². The maximum atomic E-state index is 11.5. The van der Waals surface area contributed by atoms with Gasteiger partial charge in [-0.2, -0.15) is 0 Å². The van der Waals surface area contributed by atoms with Gasteiger partial charge in [0.2, 0.25) is 0 Å². The molecule has 0 aromatic rings. The van der Waals surface area contributed by atoms with Crippen LogP contribution in [0.5, 0.6) is 0 Å². The minimum absolute atomic E-state index is 0.230. The van der Waals surface area contributed by atoms with E-state index in [4.69, 9.17) is 5.11 Å². The second kappa shape index (κ2) is 7.14. The van der Waals surface area contributed by atoms with Gasteiger partial charge in [-0.15, -0.1) is 0 Å². The van der Waals surface area contributed by atoms with E-state index in [1.165, 1.54) is 0 Å². The fourth-order valence-electron chi connectivity index (χ4n) is 2.23. The van der Waals surface area contributed by atoms with Crippen LogP contribution in [0.4, 0.5) is 4.79 Å². The van der Waals surface area contributed by atoms with Crippen LogP contribution in [0.1, 0.15) is 45.4 Å². The molecule has 0 aromatic heterocycles. The Morgan fingerprint density at radius 1 is 1.24 bits per heavy atom. The normalized spacial score (nSPS) is 24.8. The van der Waals surface area contributed by atoms with Gasteiger partial charge < -0.3 is 15.7 Å². The average Bonchev–Trinajstić information content (AvgIpc) is 2.51. The quantitative estimate of drug-likeness (QED) is 0.657. The summed E-state index contributed by atoms with van der Waals surface area (Å²) in [5, 5.41) is 14.7. The summed E-state index contributed by atoms with van der Waals surface area (Å²) in [5.41, 5.74) is 0. The van der Waals surface area contributed by atoms with Gasteiger partial charge >= 0.3 is 12.0 Å². The minimum atomic E-state index is -0.798. The molecule has 98 valence electrons. The van der Waals surface area contributed by atoms with E-state index >= 15 is 0 Å². The highest BCUT2D eigenvalue weighted by molar-refractivity contribution is 5.76. The first-order valence-electron chi connectivity index (χ1n) is 6.42. The van der Waals surface area contributed by atoms with Gasteiger partial charge in [0, 0.05) is 12.6 Å². The van der Waals surface area contributed by atoms with Gasteiger partial charge in [-0.1, -0.05) is 26.2 Å².